The molecule has 6 heteroatoms. The number of aromatic nitrogens is 3. The number of pyridine rings is 1. The number of anilines is 1. The summed E-state index contributed by atoms with van der Waals surface area (Å²) >= 11 is 5.55. The zero-order valence-corrected chi connectivity index (χ0v) is 8.95. The van der Waals surface area contributed by atoms with Crippen LogP contribution in [0.2, 0.25) is 5.28 Å². The summed E-state index contributed by atoms with van der Waals surface area (Å²) in [5, 5.41) is 2.80. The summed E-state index contributed by atoms with van der Waals surface area (Å²) in [5.41, 5.74) is 0.789. The first kappa shape index (κ1) is 10.8. The average molecular weight is 239 g/mol. The van der Waals surface area contributed by atoms with Crippen LogP contribution in [0.15, 0.2) is 30.6 Å². The van der Waals surface area contributed by atoms with Crippen molar-refractivity contribution in [3.63, 3.8) is 0 Å². The second-order valence-electron chi connectivity index (χ2n) is 3.01. The molecule has 0 aliphatic carbocycles. The molecule has 2 aromatic heterocycles. The summed E-state index contributed by atoms with van der Waals surface area (Å²) in [4.78, 5) is 11.3. The van der Waals surface area contributed by atoms with E-state index in [9.17, 15) is 4.39 Å². The van der Waals surface area contributed by atoms with E-state index in [1.54, 1.807) is 6.20 Å². The van der Waals surface area contributed by atoms with Gasteiger partial charge in [-0.3, -0.25) is 4.98 Å². The third-order valence-electron chi connectivity index (χ3n) is 1.88. The van der Waals surface area contributed by atoms with Crippen LogP contribution in [0, 0.1) is 5.82 Å². The number of halogens is 2. The molecule has 0 atom stereocenters. The molecule has 82 valence electrons. The van der Waals surface area contributed by atoms with Crippen molar-refractivity contribution in [1.29, 1.82) is 0 Å². The van der Waals surface area contributed by atoms with E-state index in [-0.39, 0.29) is 11.1 Å². The summed E-state index contributed by atoms with van der Waals surface area (Å²) in [6, 6.07) is 5.49. The van der Waals surface area contributed by atoms with Gasteiger partial charge >= 0.3 is 0 Å². The summed E-state index contributed by atoms with van der Waals surface area (Å²) < 4.78 is 13.2. The number of hydrogen-bond acceptors (Lipinski definition) is 4. The molecule has 16 heavy (non-hydrogen) atoms. The van der Waals surface area contributed by atoms with E-state index in [1.807, 2.05) is 18.2 Å². The fourth-order valence-electron chi connectivity index (χ4n) is 1.15. The van der Waals surface area contributed by atoms with Gasteiger partial charge in [0.25, 0.3) is 0 Å². The number of hydrogen-bond donors (Lipinski definition) is 1. The summed E-state index contributed by atoms with van der Waals surface area (Å²) in [5.74, 6) is -0.467. The van der Waals surface area contributed by atoms with Crippen molar-refractivity contribution in [2.24, 2.45) is 0 Å². The quantitative estimate of drug-likeness (QED) is 0.834. The fraction of sp³-hybridized carbons (Fsp3) is 0.100. The van der Waals surface area contributed by atoms with Gasteiger partial charge in [-0.2, -0.15) is 4.98 Å². The van der Waals surface area contributed by atoms with Crippen LogP contribution in [0.5, 0.6) is 0 Å². The van der Waals surface area contributed by atoms with Gasteiger partial charge in [0, 0.05) is 6.20 Å². The minimum atomic E-state index is -0.541. The Bertz CT molecular complexity index is 478. The van der Waals surface area contributed by atoms with Gasteiger partial charge in [-0.05, 0) is 23.7 Å². The van der Waals surface area contributed by atoms with Crippen LogP contribution in [0.3, 0.4) is 0 Å². The van der Waals surface area contributed by atoms with Crippen LogP contribution in [0.25, 0.3) is 0 Å². The number of nitrogens with one attached hydrogen (secondary N) is 1. The molecule has 0 amide bonds. The largest absolute Gasteiger partial charge is 0.362 e. The van der Waals surface area contributed by atoms with Crippen molar-refractivity contribution in [2.75, 3.05) is 5.32 Å². The van der Waals surface area contributed by atoms with E-state index in [1.165, 1.54) is 0 Å². The average Bonchev–Trinajstić information content (AvgIpc) is 2.32. The maximum absolute atomic E-state index is 13.2. The smallest absolute Gasteiger partial charge is 0.224 e. The first-order chi connectivity index (χ1) is 7.75. The minimum absolute atomic E-state index is 0.00456. The van der Waals surface area contributed by atoms with Crippen LogP contribution in [0.1, 0.15) is 5.69 Å². The molecule has 0 aromatic carbocycles. The Morgan fingerprint density at radius 2 is 2.19 bits per heavy atom. The van der Waals surface area contributed by atoms with E-state index in [2.05, 4.69) is 20.3 Å². The lowest BCUT2D eigenvalue weighted by Gasteiger charge is -2.05. The molecule has 0 bridgehead atoms. The summed E-state index contributed by atoms with van der Waals surface area (Å²) in [6.45, 7) is 0.380. The predicted octanol–water partition coefficient (Wildman–Crippen LogP) is 2.28. The topological polar surface area (TPSA) is 50.7 Å². The maximum atomic E-state index is 13.2. The standard InChI is InChI=1S/C10H8ClFN4/c11-10-15-6-8(12)9(16-10)14-5-7-3-1-2-4-13-7/h1-4,6H,5H2,(H,14,15,16). The Labute approximate surface area is 96.5 Å². The first-order valence-electron chi connectivity index (χ1n) is 4.57. The monoisotopic (exact) mass is 238 g/mol. The Morgan fingerprint density at radius 3 is 2.94 bits per heavy atom. The van der Waals surface area contributed by atoms with Gasteiger partial charge in [-0.15, -0.1) is 0 Å². The van der Waals surface area contributed by atoms with Crippen molar-refractivity contribution in [3.8, 4) is 0 Å². The zero-order valence-electron chi connectivity index (χ0n) is 8.19. The van der Waals surface area contributed by atoms with Gasteiger partial charge in [0.05, 0.1) is 18.4 Å². The van der Waals surface area contributed by atoms with Gasteiger partial charge in [0.15, 0.2) is 11.6 Å². The Balaban J connectivity index is 2.08. The Morgan fingerprint density at radius 1 is 1.31 bits per heavy atom. The Kier molecular flexibility index (Phi) is 3.26. The van der Waals surface area contributed by atoms with Crippen LogP contribution in [-0.4, -0.2) is 15.0 Å². The summed E-state index contributed by atoms with van der Waals surface area (Å²) in [6.07, 6.45) is 2.69. The third kappa shape index (κ3) is 2.64. The second kappa shape index (κ2) is 4.85. The highest BCUT2D eigenvalue weighted by Gasteiger charge is 2.05. The van der Waals surface area contributed by atoms with Gasteiger partial charge in [-0.1, -0.05) is 6.07 Å². The van der Waals surface area contributed by atoms with E-state index < -0.39 is 5.82 Å². The molecule has 0 spiro atoms. The van der Waals surface area contributed by atoms with Crippen LogP contribution in [0.4, 0.5) is 10.2 Å². The van der Waals surface area contributed by atoms with Crippen molar-refractivity contribution >= 4 is 17.4 Å². The predicted molar refractivity (Wildman–Crippen MR) is 58.6 cm³/mol. The van der Waals surface area contributed by atoms with Crippen LogP contribution < -0.4 is 5.32 Å². The molecule has 0 saturated carbocycles. The lowest BCUT2D eigenvalue weighted by Crippen LogP contribution is -2.05. The van der Waals surface area contributed by atoms with Gasteiger partial charge < -0.3 is 5.32 Å². The molecule has 0 fully saturated rings. The molecule has 4 nitrogen and oxygen atoms in total. The van der Waals surface area contributed by atoms with E-state index in [0.29, 0.717) is 6.54 Å². The second-order valence-corrected chi connectivity index (χ2v) is 3.35. The fourth-order valence-corrected chi connectivity index (χ4v) is 1.28. The van der Waals surface area contributed by atoms with E-state index in [0.717, 1.165) is 11.9 Å². The SMILES string of the molecule is Fc1cnc(Cl)nc1NCc1ccccn1. The van der Waals surface area contributed by atoms with Crippen molar-refractivity contribution < 1.29 is 4.39 Å². The van der Waals surface area contributed by atoms with Crippen molar-refractivity contribution in [1.82, 2.24) is 15.0 Å². The number of rotatable bonds is 3. The molecule has 2 rings (SSSR count). The first-order valence-corrected chi connectivity index (χ1v) is 4.95. The Hall–Kier alpha value is -1.75. The molecule has 0 saturated heterocycles. The van der Waals surface area contributed by atoms with Crippen molar-refractivity contribution in [3.05, 3.63) is 47.4 Å². The highest BCUT2D eigenvalue weighted by atomic mass is 35.5. The molecule has 0 aliphatic heterocycles. The minimum Gasteiger partial charge on any atom is -0.362 e. The zero-order chi connectivity index (χ0) is 11.4. The molecule has 2 aromatic rings. The molecule has 1 N–H and O–H groups in total. The number of nitrogens with zero attached hydrogens (tertiary/aromatic N) is 3. The molecule has 0 aliphatic rings. The summed E-state index contributed by atoms with van der Waals surface area (Å²) in [7, 11) is 0. The normalized spacial score (nSPS) is 10.1. The molecular formula is C10H8ClFN4. The van der Waals surface area contributed by atoms with Crippen LogP contribution >= 0.6 is 11.6 Å². The highest BCUT2D eigenvalue weighted by molar-refractivity contribution is 6.28. The van der Waals surface area contributed by atoms with Gasteiger partial charge in [-0.25, -0.2) is 9.37 Å². The lowest BCUT2D eigenvalue weighted by molar-refractivity contribution is 0.616. The van der Waals surface area contributed by atoms with E-state index >= 15 is 0 Å². The van der Waals surface area contributed by atoms with Crippen LogP contribution in [-0.2, 0) is 6.54 Å². The molecular weight excluding hydrogens is 231 g/mol. The van der Waals surface area contributed by atoms with Crippen molar-refractivity contribution in [2.45, 2.75) is 6.54 Å². The third-order valence-corrected chi connectivity index (χ3v) is 2.06. The lowest BCUT2D eigenvalue weighted by atomic mass is 10.3. The van der Waals surface area contributed by atoms with E-state index in [4.69, 9.17) is 11.6 Å². The maximum Gasteiger partial charge on any atom is 0.224 e. The highest BCUT2D eigenvalue weighted by Crippen LogP contribution is 2.12. The van der Waals surface area contributed by atoms with Gasteiger partial charge in [0.1, 0.15) is 0 Å². The van der Waals surface area contributed by atoms with Gasteiger partial charge in [0.2, 0.25) is 5.28 Å². The molecule has 0 unspecified atom stereocenters. The molecule has 2 heterocycles. The molecule has 0 radical (unpaired) electrons.